The van der Waals surface area contributed by atoms with Crippen molar-refractivity contribution >= 4 is 63.1 Å². The van der Waals surface area contributed by atoms with Crippen molar-refractivity contribution in [2.75, 3.05) is 23.0 Å². The maximum absolute atomic E-state index is 13.6. The second-order valence-corrected chi connectivity index (χ2v) is 10.0. The van der Waals surface area contributed by atoms with E-state index in [2.05, 4.69) is 0 Å². The molecule has 180 valence electrons. The van der Waals surface area contributed by atoms with Gasteiger partial charge in [-0.3, -0.25) is 24.2 Å². The molecule has 2 aromatic carbocycles. The van der Waals surface area contributed by atoms with E-state index in [0.717, 1.165) is 18.4 Å². The van der Waals surface area contributed by atoms with Gasteiger partial charge in [-0.05, 0) is 55.3 Å². The van der Waals surface area contributed by atoms with Gasteiger partial charge in [0.25, 0.3) is 5.91 Å². The highest BCUT2D eigenvalue weighted by Crippen LogP contribution is 2.34. The lowest BCUT2D eigenvalue weighted by Crippen LogP contribution is -2.37. The van der Waals surface area contributed by atoms with E-state index in [4.69, 9.17) is 32.9 Å². The number of aromatic nitrogens is 1. The third kappa shape index (κ3) is 4.97. The predicted molar refractivity (Wildman–Crippen MR) is 136 cm³/mol. The van der Waals surface area contributed by atoms with Crippen molar-refractivity contribution in [1.82, 2.24) is 4.98 Å². The molecule has 10 heteroatoms. The maximum atomic E-state index is 13.6. The highest BCUT2D eigenvalue weighted by Gasteiger charge is 2.31. The minimum absolute atomic E-state index is 0.0791. The van der Waals surface area contributed by atoms with Crippen LogP contribution in [0.2, 0.25) is 10.0 Å². The summed E-state index contributed by atoms with van der Waals surface area (Å²) in [5, 5.41) is 3.40. The maximum Gasteiger partial charge on any atom is 0.260 e. The average Bonchev–Trinajstić information content (AvgIpc) is 3.60. The normalized spacial score (nSPS) is 17.9. The predicted octanol–water partition coefficient (Wildman–Crippen LogP) is 5.60. The van der Waals surface area contributed by atoms with Crippen molar-refractivity contribution in [3.05, 3.63) is 63.5 Å². The van der Waals surface area contributed by atoms with E-state index in [9.17, 15) is 14.4 Å². The molecule has 0 N–H and O–H groups in total. The van der Waals surface area contributed by atoms with E-state index in [-0.39, 0.29) is 36.7 Å². The van der Waals surface area contributed by atoms with E-state index in [1.165, 1.54) is 16.2 Å². The minimum atomic E-state index is -0.241. The lowest BCUT2D eigenvalue weighted by atomic mass is 10.1. The Balaban J connectivity index is 1.43. The number of thiazole rings is 1. The summed E-state index contributed by atoms with van der Waals surface area (Å²) >= 11 is 13.7. The van der Waals surface area contributed by atoms with Crippen LogP contribution in [-0.2, 0) is 14.3 Å². The van der Waals surface area contributed by atoms with Crippen LogP contribution in [0.5, 0.6) is 0 Å². The first-order valence-electron chi connectivity index (χ1n) is 11.2. The molecular weight excluding hydrogens is 509 g/mol. The first-order chi connectivity index (χ1) is 16.9. The number of carbonyl (C=O) groups is 3. The van der Waals surface area contributed by atoms with Crippen LogP contribution in [0.1, 0.15) is 36.0 Å². The lowest BCUT2D eigenvalue weighted by molar-refractivity contribution is -0.121. The topological polar surface area (TPSA) is 79.8 Å². The van der Waals surface area contributed by atoms with Crippen LogP contribution in [0.15, 0.2) is 47.8 Å². The van der Waals surface area contributed by atoms with E-state index >= 15 is 0 Å². The molecule has 5 rings (SSSR count). The second kappa shape index (κ2) is 10.1. The highest BCUT2D eigenvalue weighted by molar-refractivity contribution is 7.14. The number of halogens is 2. The Hall–Kier alpha value is -2.78. The summed E-state index contributed by atoms with van der Waals surface area (Å²) in [6.45, 7) is 1.04. The van der Waals surface area contributed by atoms with Gasteiger partial charge >= 0.3 is 0 Å². The minimum Gasteiger partial charge on any atom is -0.376 e. The van der Waals surface area contributed by atoms with Crippen LogP contribution in [-0.4, -0.2) is 42.0 Å². The fraction of sp³-hybridized carbons (Fsp3) is 0.280. The number of hydrogen-bond acceptors (Lipinski definition) is 6. The molecule has 7 nitrogen and oxygen atoms in total. The van der Waals surface area contributed by atoms with Crippen molar-refractivity contribution in [2.24, 2.45) is 0 Å². The van der Waals surface area contributed by atoms with Crippen LogP contribution in [0.3, 0.4) is 0 Å². The Labute approximate surface area is 216 Å². The molecule has 2 fully saturated rings. The molecule has 2 aliphatic heterocycles. The van der Waals surface area contributed by atoms with Crippen molar-refractivity contribution in [3.63, 3.8) is 0 Å². The van der Waals surface area contributed by atoms with Gasteiger partial charge in [0.15, 0.2) is 5.13 Å². The van der Waals surface area contributed by atoms with E-state index < -0.39 is 0 Å². The SMILES string of the molecule is O=C(c1ccc(N2C(=O)CCC2=O)cc1)N(CC1CCCO1)c1nc(-c2ccc(Cl)cc2Cl)cs1. The molecule has 0 radical (unpaired) electrons. The molecular formula is C25H21Cl2N3O4S. The third-order valence-corrected chi connectivity index (χ3v) is 7.42. The van der Waals surface area contributed by atoms with Gasteiger partial charge in [0.1, 0.15) is 0 Å². The first kappa shape index (κ1) is 23.9. The summed E-state index contributed by atoms with van der Waals surface area (Å²) < 4.78 is 5.79. The molecule has 2 aliphatic rings. The van der Waals surface area contributed by atoms with Crippen molar-refractivity contribution < 1.29 is 19.1 Å². The van der Waals surface area contributed by atoms with Gasteiger partial charge < -0.3 is 4.74 Å². The molecule has 0 aliphatic carbocycles. The Kier molecular flexibility index (Phi) is 6.88. The summed E-state index contributed by atoms with van der Waals surface area (Å²) in [5.74, 6) is -0.704. The number of rotatable bonds is 6. The third-order valence-electron chi connectivity index (χ3n) is 6.01. The van der Waals surface area contributed by atoms with Gasteiger partial charge in [-0.1, -0.05) is 23.2 Å². The van der Waals surface area contributed by atoms with Crippen LogP contribution in [0.4, 0.5) is 10.8 Å². The number of amides is 3. The van der Waals surface area contributed by atoms with Gasteiger partial charge in [-0.15, -0.1) is 11.3 Å². The Morgan fingerprint density at radius 1 is 1.11 bits per heavy atom. The van der Waals surface area contributed by atoms with Gasteiger partial charge in [0, 0.05) is 41.0 Å². The molecule has 0 spiro atoms. The number of hydrogen-bond donors (Lipinski definition) is 0. The Bertz CT molecular complexity index is 1270. The average molecular weight is 530 g/mol. The zero-order valence-corrected chi connectivity index (χ0v) is 20.9. The van der Waals surface area contributed by atoms with Crippen molar-refractivity contribution in [3.8, 4) is 11.3 Å². The largest absolute Gasteiger partial charge is 0.376 e. The van der Waals surface area contributed by atoms with E-state index in [0.29, 0.717) is 45.3 Å². The number of anilines is 2. The van der Waals surface area contributed by atoms with Crippen LogP contribution in [0.25, 0.3) is 11.3 Å². The molecule has 3 aromatic rings. The molecule has 1 unspecified atom stereocenters. The zero-order chi connectivity index (χ0) is 24.5. The fourth-order valence-corrected chi connectivity index (χ4v) is 5.56. The number of imide groups is 1. The Morgan fingerprint density at radius 2 is 1.86 bits per heavy atom. The summed E-state index contributed by atoms with van der Waals surface area (Å²) in [4.78, 5) is 45.2. The molecule has 2 saturated heterocycles. The number of carbonyl (C=O) groups excluding carboxylic acids is 3. The number of benzene rings is 2. The smallest absolute Gasteiger partial charge is 0.260 e. The van der Waals surface area contributed by atoms with Crippen molar-refractivity contribution in [1.29, 1.82) is 0 Å². The number of ether oxygens (including phenoxy) is 1. The molecule has 35 heavy (non-hydrogen) atoms. The molecule has 1 aromatic heterocycles. The quantitative estimate of drug-likeness (QED) is 0.388. The summed E-state index contributed by atoms with van der Waals surface area (Å²) in [6.07, 6.45) is 2.15. The van der Waals surface area contributed by atoms with Gasteiger partial charge in [-0.25, -0.2) is 4.98 Å². The molecule has 0 bridgehead atoms. The Morgan fingerprint density at radius 3 is 2.51 bits per heavy atom. The van der Waals surface area contributed by atoms with Crippen LogP contribution in [0, 0.1) is 0 Å². The summed E-state index contributed by atoms with van der Waals surface area (Å²) in [6, 6.07) is 11.7. The zero-order valence-electron chi connectivity index (χ0n) is 18.6. The molecule has 3 heterocycles. The summed E-state index contributed by atoms with van der Waals surface area (Å²) in [5.41, 5.74) is 2.27. The monoisotopic (exact) mass is 529 g/mol. The van der Waals surface area contributed by atoms with Gasteiger partial charge in [0.05, 0.1) is 29.1 Å². The lowest BCUT2D eigenvalue weighted by Gasteiger charge is -2.23. The fourth-order valence-electron chi connectivity index (χ4n) is 4.22. The van der Waals surface area contributed by atoms with E-state index in [1.807, 2.05) is 5.38 Å². The van der Waals surface area contributed by atoms with Crippen LogP contribution < -0.4 is 9.80 Å². The van der Waals surface area contributed by atoms with Crippen molar-refractivity contribution in [2.45, 2.75) is 31.8 Å². The first-order valence-corrected chi connectivity index (χ1v) is 12.8. The summed E-state index contributed by atoms with van der Waals surface area (Å²) in [7, 11) is 0. The molecule has 0 saturated carbocycles. The molecule has 3 amide bonds. The second-order valence-electron chi connectivity index (χ2n) is 8.36. The standard InChI is InChI=1S/C25H21Cl2N3O4S/c26-16-5-8-19(20(27)12-16)21-14-35-25(28-21)29(13-18-2-1-11-34-18)24(33)15-3-6-17(7-4-15)30-22(31)9-10-23(30)32/h3-8,12,14,18H,1-2,9-11,13H2. The van der Waals surface area contributed by atoms with Gasteiger partial charge in [0.2, 0.25) is 11.8 Å². The highest BCUT2D eigenvalue weighted by atomic mass is 35.5. The van der Waals surface area contributed by atoms with Crippen LogP contribution >= 0.6 is 34.5 Å². The van der Waals surface area contributed by atoms with E-state index in [1.54, 1.807) is 47.4 Å². The van der Waals surface area contributed by atoms with Gasteiger partial charge in [-0.2, -0.15) is 0 Å². The number of nitrogens with zero attached hydrogens (tertiary/aromatic N) is 3. The molecule has 1 atom stereocenters.